The van der Waals surface area contributed by atoms with Crippen LogP contribution in [0.5, 0.6) is 0 Å². The molecule has 0 saturated heterocycles. The lowest BCUT2D eigenvalue weighted by molar-refractivity contribution is -0.136. The van der Waals surface area contributed by atoms with Crippen LogP contribution in [0.15, 0.2) is 40.3 Å². The number of carbonyl (C=O) groups is 1. The number of aromatic nitrogens is 2. The second-order valence-corrected chi connectivity index (χ2v) is 9.40. The maximum atomic E-state index is 13.1. The van der Waals surface area contributed by atoms with Crippen LogP contribution in [0.3, 0.4) is 0 Å². The Labute approximate surface area is 163 Å². The molecule has 142 valence electrons. The fourth-order valence-corrected chi connectivity index (χ4v) is 4.77. The highest BCUT2D eigenvalue weighted by Gasteiger charge is 2.32. The zero-order valence-electron chi connectivity index (χ0n) is 16.1. The number of benzene rings is 1. The maximum absolute atomic E-state index is 13.1. The van der Waals surface area contributed by atoms with Crippen LogP contribution < -0.4 is 5.56 Å². The molecule has 0 bridgehead atoms. The van der Waals surface area contributed by atoms with E-state index in [1.807, 2.05) is 11.0 Å². The van der Waals surface area contributed by atoms with Crippen LogP contribution in [0.2, 0.25) is 0 Å². The third-order valence-electron chi connectivity index (χ3n) is 5.35. The van der Waals surface area contributed by atoms with Crippen molar-refractivity contribution in [3.63, 3.8) is 0 Å². The van der Waals surface area contributed by atoms with Crippen LogP contribution in [0.1, 0.15) is 37.6 Å². The molecule has 2 aliphatic rings. The van der Waals surface area contributed by atoms with E-state index in [2.05, 4.69) is 44.0 Å². The minimum absolute atomic E-state index is 0.0566. The van der Waals surface area contributed by atoms with E-state index in [1.54, 1.807) is 10.6 Å². The Bertz CT molecular complexity index is 945. The topological polar surface area (TPSA) is 55.2 Å². The lowest BCUT2D eigenvalue weighted by Gasteiger charge is -2.33. The molecular formula is C21H25N3O2S. The van der Waals surface area contributed by atoms with Crippen LogP contribution in [-0.4, -0.2) is 32.7 Å². The SMILES string of the molecule is CC(C)(C)c1cc(=O)n2c(n1)SC[C@@H](C(=O)N1CCc3ccccc3C1)C2. The molecule has 2 aromatic rings. The van der Waals surface area contributed by atoms with Crippen molar-refractivity contribution >= 4 is 17.7 Å². The molecule has 0 saturated carbocycles. The Morgan fingerprint density at radius 2 is 1.96 bits per heavy atom. The number of hydrogen-bond acceptors (Lipinski definition) is 4. The lowest BCUT2D eigenvalue weighted by Crippen LogP contribution is -2.44. The molecule has 6 heteroatoms. The first-order valence-electron chi connectivity index (χ1n) is 9.43. The third kappa shape index (κ3) is 3.55. The molecule has 1 aromatic carbocycles. The molecule has 0 radical (unpaired) electrons. The molecule has 4 rings (SSSR count). The molecular weight excluding hydrogens is 358 g/mol. The highest BCUT2D eigenvalue weighted by atomic mass is 32.2. The van der Waals surface area contributed by atoms with Gasteiger partial charge in [0.25, 0.3) is 5.56 Å². The molecule has 27 heavy (non-hydrogen) atoms. The monoisotopic (exact) mass is 383 g/mol. The predicted octanol–water partition coefficient (Wildman–Crippen LogP) is 2.85. The van der Waals surface area contributed by atoms with E-state index in [0.717, 1.165) is 23.8 Å². The van der Waals surface area contributed by atoms with Gasteiger partial charge in [0.15, 0.2) is 5.16 Å². The maximum Gasteiger partial charge on any atom is 0.254 e. The summed E-state index contributed by atoms with van der Waals surface area (Å²) in [7, 11) is 0. The van der Waals surface area contributed by atoms with E-state index >= 15 is 0 Å². The fourth-order valence-electron chi connectivity index (χ4n) is 3.69. The van der Waals surface area contributed by atoms with Crippen molar-refractivity contribution in [1.29, 1.82) is 0 Å². The average molecular weight is 384 g/mol. The average Bonchev–Trinajstić information content (AvgIpc) is 2.66. The predicted molar refractivity (Wildman–Crippen MR) is 107 cm³/mol. The zero-order chi connectivity index (χ0) is 19.2. The Morgan fingerprint density at radius 1 is 1.22 bits per heavy atom. The first-order chi connectivity index (χ1) is 12.8. The van der Waals surface area contributed by atoms with Gasteiger partial charge in [0.2, 0.25) is 5.91 Å². The van der Waals surface area contributed by atoms with Gasteiger partial charge in [-0.05, 0) is 17.5 Å². The number of nitrogens with zero attached hydrogens (tertiary/aromatic N) is 3. The van der Waals surface area contributed by atoms with E-state index < -0.39 is 0 Å². The van der Waals surface area contributed by atoms with E-state index in [0.29, 0.717) is 18.8 Å². The second-order valence-electron chi connectivity index (χ2n) is 8.41. The van der Waals surface area contributed by atoms with Crippen molar-refractivity contribution in [3.8, 4) is 0 Å². The molecule has 0 fully saturated rings. The first kappa shape index (κ1) is 18.3. The van der Waals surface area contributed by atoms with Crippen molar-refractivity contribution < 1.29 is 4.79 Å². The van der Waals surface area contributed by atoms with Gasteiger partial charge in [-0.15, -0.1) is 0 Å². The van der Waals surface area contributed by atoms with Gasteiger partial charge < -0.3 is 4.90 Å². The number of thioether (sulfide) groups is 1. The summed E-state index contributed by atoms with van der Waals surface area (Å²) in [6.45, 7) is 8.01. The highest BCUT2D eigenvalue weighted by molar-refractivity contribution is 7.99. The Morgan fingerprint density at radius 3 is 2.70 bits per heavy atom. The van der Waals surface area contributed by atoms with Crippen molar-refractivity contribution in [2.24, 2.45) is 5.92 Å². The van der Waals surface area contributed by atoms with Gasteiger partial charge in [-0.25, -0.2) is 4.98 Å². The van der Waals surface area contributed by atoms with Crippen LogP contribution in [0.25, 0.3) is 0 Å². The summed E-state index contributed by atoms with van der Waals surface area (Å²) in [4.78, 5) is 32.3. The number of rotatable bonds is 1. The largest absolute Gasteiger partial charge is 0.338 e. The molecule has 5 nitrogen and oxygen atoms in total. The van der Waals surface area contributed by atoms with Crippen LogP contribution in [0.4, 0.5) is 0 Å². The summed E-state index contributed by atoms with van der Waals surface area (Å²) in [5.74, 6) is 0.652. The fraction of sp³-hybridized carbons (Fsp3) is 0.476. The minimum Gasteiger partial charge on any atom is -0.338 e. The number of amides is 1. The van der Waals surface area contributed by atoms with E-state index in [9.17, 15) is 9.59 Å². The lowest BCUT2D eigenvalue weighted by atomic mass is 9.92. The molecule has 0 unspecified atom stereocenters. The summed E-state index contributed by atoms with van der Waals surface area (Å²) in [5.41, 5.74) is 3.15. The van der Waals surface area contributed by atoms with Gasteiger partial charge in [-0.3, -0.25) is 14.2 Å². The first-order valence-corrected chi connectivity index (χ1v) is 10.4. The van der Waals surface area contributed by atoms with E-state index in [4.69, 9.17) is 0 Å². The highest BCUT2D eigenvalue weighted by Crippen LogP contribution is 2.30. The van der Waals surface area contributed by atoms with E-state index in [1.165, 1.54) is 22.9 Å². The summed E-state index contributed by atoms with van der Waals surface area (Å²) in [6.07, 6.45) is 0.898. The quantitative estimate of drug-likeness (QED) is 0.711. The van der Waals surface area contributed by atoms with Crippen LogP contribution in [0, 0.1) is 5.92 Å². The Hall–Kier alpha value is -2.08. The normalized spacial score (nSPS) is 19.4. The van der Waals surface area contributed by atoms with E-state index in [-0.39, 0.29) is 22.8 Å². The molecule has 3 heterocycles. The molecule has 0 aliphatic carbocycles. The molecule has 0 spiro atoms. The van der Waals surface area contributed by atoms with Gasteiger partial charge in [0, 0.05) is 36.9 Å². The molecule has 1 amide bonds. The van der Waals surface area contributed by atoms with Gasteiger partial charge in [-0.1, -0.05) is 56.8 Å². The van der Waals surface area contributed by atoms with Crippen molar-refractivity contribution in [3.05, 3.63) is 57.5 Å². The molecule has 0 N–H and O–H groups in total. The molecule has 1 atom stereocenters. The van der Waals surface area contributed by atoms with Crippen molar-refractivity contribution in [2.75, 3.05) is 12.3 Å². The van der Waals surface area contributed by atoms with Gasteiger partial charge in [0.1, 0.15) is 0 Å². The Kier molecular flexibility index (Phi) is 4.62. The van der Waals surface area contributed by atoms with Crippen molar-refractivity contribution in [1.82, 2.24) is 14.5 Å². The number of fused-ring (bicyclic) bond motifs is 2. The number of carbonyl (C=O) groups excluding carboxylic acids is 1. The number of hydrogen-bond donors (Lipinski definition) is 0. The third-order valence-corrected chi connectivity index (χ3v) is 6.49. The van der Waals surface area contributed by atoms with Gasteiger partial charge in [-0.2, -0.15) is 0 Å². The van der Waals surface area contributed by atoms with Crippen molar-refractivity contribution in [2.45, 2.75) is 50.9 Å². The smallest absolute Gasteiger partial charge is 0.254 e. The minimum atomic E-state index is -0.173. The Balaban J connectivity index is 1.53. The van der Waals surface area contributed by atoms with Crippen LogP contribution >= 0.6 is 11.8 Å². The van der Waals surface area contributed by atoms with Gasteiger partial charge >= 0.3 is 0 Å². The summed E-state index contributed by atoms with van der Waals surface area (Å²) < 4.78 is 1.67. The molecule has 1 aromatic heterocycles. The second kappa shape index (κ2) is 6.82. The summed E-state index contributed by atoms with van der Waals surface area (Å²) >= 11 is 1.52. The van der Waals surface area contributed by atoms with Gasteiger partial charge in [0.05, 0.1) is 11.6 Å². The zero-order valence-corrected chi connectivity index (χ0v) is 16.9. The molecule has 2 aliphatic heterocycles. The standard InChI is InChI=1S/C21H25N3O2S/c1-21(2,3)17-10-18(25)24-12-16(13-27-20(24)22-17)19(26)23-9-8-14-6-4-5-7-15(14)11-23/h4-7,10,16H,8-9,11-13H2,1-3H3/t16-/m0/s1. The summed E-state index contributed by atoms with van der Waals surface area (Å²) in [6, 6.07) is 9.94. The van der Waals surface area contributed by atoms with Crippen LogP contribution in [-0.2, 0) is 29.7 Å². The summed E-state index contributed by atoms with van der Waals surface area (Å²) in [5, 5.41) is 0.737.